The number of hydrogen-bond acceptors (Lipinski definition) is 4. The highest BCUT2D eigenvalue weighted by atomic mass is 16.7. The van der Waals surface area contributed by atoms with Gasteiger partial charge in [-0.3, -0.25) is 0 Å². The minimum Gasteiger partial charge on any atom is -0.508 e. The van der Waals surface area contributed by atoms with Gasteiger partial charge in [0.25, 0.3) is 0 Å². The maximum absolute atomic E-state index is 9.57. The van der Waals surface area contributed by atoms with Gasteiger partial charge in [0.15, 0.2) is 0 Å². The van der Waals surface area contributed by atoms with Gasteiger partial charge in [-0.05, 0) is 50.9 Å². The molecule has 1 aromatic carbocycles. The molecule has 0 spiro atoms. The van der Waals surface area contributed by atoms with Crippen LogP contribution in [0.25, 0.3) is 6.08 Å². The van der Waals surface area contributed by atoms with Gasteiger partial charge in [-0.25, -0.2) is 0 Å². The highest BCUT2D eigenvalue weighted by Gasteiger charge is 2.52. The molecule has 0 amide bonds. The molecular weight excluding hydrogens is 255 g/mol. The van der Waals surface area contributed by atoms with Gasteiger partial charge in [0.05, 0.1) is 17.8 Å². The molecule has 0 radical (unpaired) electrons. The lowest BCUT2D eigenvalue weighted by Gasteiger charge is -2.32. The average molecular weight is 276 g/mol. The summed E-state index contributed by atoms with van der Waals surface area (Å²) in [6, 6.07) is 6.75. The molecule has 0 bridgehead atoms. The summed E-state index contributed by atoms with van der Waals surface area (Å²) in [5.41, 5.74) is 0.679. The average Bonchev–Trinajstić information content (AvgIpc) is 2.57. The smallest absolute Gasteiger partial charge is 0.492 e. The molecule has 2 rings (SSSR count). The van der Waals surface area contributed by atoms with Crippen molar-refractivity contribution in [3.63, 3.8) is 0 Å². The molecule has 0 aliphatic carbocycles. The number of hydrogen-bond donors (Lipinski definition) is 2. The quantitative estimate of drug-likeness (QED) is 0.832. The van der Waals surface area contributed by atoms with E-state index in [1.54, 1.807) is 24.3 Å². The molecule has 1 saturated heterocycles. The number of phenolic OH excluding ortho intramolecular Hbond substituents is 1. The van der Waals surface area contributed by atoms with Gasteiger partial charge in [-0.2, -0.15) is 0 Å². The van der Waals surface area contributed by atoms with Gasteiger partial charge < -0.3 is 19.5 Å². The van der Waals surface area contributed by atoms with Crippen LogP contribution in [0, 0.1) is 0 Å². The van der Waals surface area contributed by atoms with Gasteiger partial charge in [0.1, 0.15) is 5.75 Å². The zero-order valence-electron chi connectivity index (χ0n) is 12.4. The summed E-state index contributed by atoms with van der Waals surface area (Å²) in [5.74, 6) is 0.211. The first-order valence-corrected chi connectivity index (χ1v) is 6.71. The van der Waals surface area contributed by atoms with Crippen molar-refractivity contribution in [1.82, 2.24) is 0 Å². The molecule has 0 aromatic heterocycles. The summed E-state index contributed by atoms with van der Waals surface area (Å²) in [6.07, 6.45) is 1.82. The molecule has 1 fully saturated rings. The Balaban J connectivity index is 2.24. The highest BCUT2D eigenvalue weighted by Crippen LogP contribution is 2.38. The van der Waals surface area contributed by atoms with Crippen molar-refractivity contribution in [2.24, 2.45) is 0 Å². The van der Waals surface area contributed by atoms with E-state index in [-0.39, 0.29) is 12.4 Å². The van der Waals surface area contributed by atoms with E-state index in [1.165, 1.54) is 0 Å². The van der Waals surface area contributed by atoms with Gasteiger partial charge in [-0.15, -0.1) is 0 Å². The molecule has 2 N–H and O–H groups in total. The molecule has 5 heteroatoms. The van der Waals surface area contributed by atoms with Crippen molar-refractivity contribution in [3.05, 3.63) is 35.3 Å². The van der Waals surface area contributed by atoms with E-state index in [2.05, 4.69) is 0 Å². The highest BCUT2D eigenvalue weighted by molar-refractivity contribution is 6.55. The third-order valence-corrected chi connectivity index (χ3v) is 3.98. The molecule has 4 nitrogen and oxygen atoms in total. The normalized spacial score (nSPS) is 21.2. The van der Waals surface area contributed by atoms with E-state index in [4.69, 9.17) is 9.31 Å². The lowest BCUT2D eigenvalue weighted by molar-refractivity contribution is 0.00578. The Hall–Kier alpha value is -1.30. The number of phenols is 1. The maximum atomic E-state index is 9.57. The Morgan fingerprint density at radius 2 is 1.60 bits per heavy atom. The molecule has 1 aromatic rings. The zero-order valence-corrected chi connectivity index (χ0v) is 12.4. The monoisotopic (exact) mass is 276 g/mol. The van der Waals surface area contributed by atoms with E-state index >= 15 is 0 Å². The number of benzene rings is 1. The van der Waals surface area contributed by atoms with Crippen LogP contribution in [0.15, 0.2) is 29.7 Å². The van der Waals surface area contributed by atoms with Crippen molar-refractivity contribution in [3.8, 4) is 5.75 Å². The fourth-order valence-electron chi connectivity index (χ4n) is 1.97. The van der Waals surface area contributed by atoms with Crippen LogP contribution >= 0.6 is 0 Å². The molecule has 1 aliphatic rings. The number of aromatic hydroxyl groups is 1. The molecule has 108 valence electrons. The van der Waals surface area contributed by atoms with Crippen molar-refractivity contribution in [1.29, 1.82) is 0 Å². The predicted molar refractivity (Wildman–Crippen MR) is 79.3 cm³/mol. The van der Waals surface area contributed by atoms with Crippen LogP contribution in [0.4, 0.5) is 0 Å². The number of aliphatic hydroxyl groups excluding tert-OH is 1. The second-order valence-corrected chi connectivity index (χ2v) is 6.06. The fraction of sp³-hybridized carbons (Fsp3) is 0.467. The van der Waals surface area contributed by atoms with Gasteiger partial charge in [-0.1, -0.05) is 18.2 Å². The van der Waals surface area contributed by atoms with Crippen molar-refractivity contribution >= 4 is 13.2 Å². The summed E-state index contributed by atoms with van der Waals surface area (Å²) >= 11 is 0. The summed E-state index contributed by atoms with van der Waals surface area (Å²) < 4.78 is 11.8. The maximum Gasteiger partial charge on any atom is 0.492 e. The fourth-order valence-corrected chi connectivity index (χ4v) is 1.97. The lowest BCUT2D eigenvalue weighted by atomic mass is 9.77. The Labute approximate surface area is 120 Å². The van der Waals surface area contributed by atoms with Crippen molar-refractivity contribution < 1.29 is 19.5 Å². The zero-order chi connectivity index (χ0) is 15.0. The van der Waals surface area contributed by atoms with Crippen molar-refractivity contribution in [2.75, 3.05) is 6.61 Å². The van der Waals surface area contributed by atoms with Crippen LogP contribution in [0.2, 0.25) is 0 Å². The topological polar surface area (TPSA) is 58.9 Å². The van der Waals surface area contributed by atoms with Gasteiger partial charge in [0.2, 0.25) is 0 Å². The van der Waals surface area contributed by atoms with Crippen LogP contribution < -0.4 is 0 Å². The van der Waals surface area contributed by atoms with Crippen LogP contribution in [0.3, 0.4) is 0 Å². The molecular formula is C15H21BO4. The second kappa shape index (κ2) is 5.24. The first kappa shape index (κ1) is 15.1. The molecule has 0 saturated carbocycles. The summed E-state index contributed by atoms with van der Waals surface area (Å²) in [6.45, 7) is 7.76. The third-order valence-electron chi connectivity index (χ3n) is 3.98. The lowest BCUT2D eigenvalue weighted by Crippen LogP contribution is -2.41. The SMILES string of the molecule is CC1(C)OB(C(=Cc2ccc(O)cc2)CO)OC1(C)C. The number of aliphatic hydroxyl groups is 1. The van der Waals surface area contributed by atoms with E-state index in [1.807, 2.05) is 33.8 Å². The number of rotatable bonds is 3. The van der Waals surface area contributed by atoms with Crippen LogP contribution in [0.1, 0.15) is 33.3 Å². The Morgan fingerprint density at radius 3 is 2.05 bits per heavy atom. The van der Waals surface area contributed by atoms with E-state index in [9.17, 15) is 10.2 Å². The van der Waals surface area contributed by atoms with Crippen molar-refractivity contribution in [2.45, 2.75) is 38.9 Å². The Morgan fingerprint density at radius 1 is 1.10 bits per heavy atom. The van der Waals surface area contributed by atoms with E-state index in [0.717, 1.165) is 5.56 Å². The molecule has 0 unspecified atom stereocenters. The largest absolute Gasteiger partial charge is 0.508 e. The molecule has 0 atom stereocenters. The van der Waals surface area contributed by atoms with Gasteiger partial charge in [0, 0.05) is 0 Å². The Bertz CT molecular complexity index is 489. The van der Waals surface area contributed by atoms with E-state index in [0.29, 0.717) is 5.47 Å². The van der Waals surface area contributed by atoms with Crippen LogP contribution in [-0.2, 0) is 9.31 Å². The predicted octanol–water partition coefficient (Wildman–Crippen LogP) is 2.40. The summed E-state index contributed by atoms with van der Waals surface area (Å²) in [5, 5.41) is 18.8. The second-order valence-electron chi connectivity index (χ2n) is 6.06. The molecule has 1 heterocycles. The summed E-state index contributed by atoms with van der Waals surface area (Å²) in [4.78, 5) is 0. The standard InChI is InChI=1S/C15H21BO4/c1-14(2)15(3,4)20-16(19-14)12(10-17)9-11-5-7-13(18)8-6-11/h5-9,17-18H,10H2,1-4H3. The minimum absolute atomic E-state index is 0.141. The van der Waals surface area contributed by atoms with Crippen LogP contribution in [-0.4, -0.2) is 35.1 Å². The first-order valence-electron chi connectivity index (χ1n) is 6.71. The molecule has 1 aliphatic heterocycles. The minimum atomic E-state index is -0.557. The van der Waals surface area contributed by atoms with Crippen LogP contribution in [0.5, 0.6) is 5.75 Å². The summed E-state index contributed by atoms with van der Waals surface area (Å²) in [7, 11) is -0.557. The first-order chi connectivity index (χ1) is 9.25. The molecule has 20 heavy (non-hydrogen) atoms. The van der Waals surface area contributed by atoms with E-state index < -0.39 is 18.3 Å². The van der Waals surface area contributed by atoms with Gasteiger partial charge >= 0.3 is 7.12 Å². The Kier molecular flexibility index (Phi) is 3.96. The third kappa shape index (κ3) is 2.90.